The third-order valence-corrected chi connectivity index (χ3v) is 20.8. The lowest BCUT2D eigenvalue weighted by Crippen LogP contribution is -2.30. The van der Waals surface area contributed by atoms with Crippen LogP contribution in [0.3, 0.4) is 0 Å². The Morgan fingerprint density at radius 3 is 1.56 bits per heavy atom. The fourth-order valence-corrected chi connectivity index (χ4v) is 17.3. The minimum Gasteiger partial charge on any atom is -0.309 e. The molecule has 0 amide bonds. The van der Waals surface area contributed by atoms with Gasteiger partial charge in [0.05, 0.1) is 5.41 Å². The van der Waals surface area contributed by atoms with Crippen molar-refractivity contribution in [3.05, 3.63) is 239 Å². The summed E-state index contributed by atoms with van der Waals surface area (Å²) in [5.74, 6) is 0.997. The predicted octanol–water partition coefficient (Wildman–Crippen LogP) is 13.3. The van der Waals surface area contributed by atoms with Crippen molar-refractivity contribution in [1.29, 1.82) is 0 Å². The maximum absolute atomic E-state index is 16.8. The molecule has 5 atom stereocenters. The summed E-state index contributed by atoms with van der Waals surface area (Å²) in [6, 6.07) is 66.9. The average Bonchev–Trinajstić information content (AvgIpc) is 3.96. The Bertz CT molecular complexity index is 3270. The van der Waals surface area contributed by atoms with E-state index >= 15 is 4.57 Å². The van der Waals surface area contributed by atoms with Crippen LogP contribution >= 0.6 is 15.7 Å². The van der Waals surface area contributed by atoms with Crippen LogP contribution in [-0.2, 0) is 20.8 Å². The molecule has 0 aliphatic heterocycles. The Labute approximate surface area is 379 Å². The summed E-state index contributed by atoms with van der Waals surface area (Å²) in [6.45, 7) is 9.76. The lowest BCUT2D eigenvalue weighted by molar-refractivity contribution is 0.303. The summed E-state index contributed by atoms with van der Waals surface area (Å²) >= 11 is 0. The fraction of sp³-hybridized carbons (Fsp3) is 0.180. The van der Waals surface area contributed by atoms with Gasteiger partial charge in [0.1, 0.15) is 0 Å². The molecular formula is C61H50OP2. The van der Waals surface area contributed by atoms with E-state index in [1.54, 1.807) is 0 Å². The minimum absolute atomic E-state index is 0.0555. The summed E-state index contributed by atoms with van der Waals surface area (Å²) in [4.78, 5) is 0. The molecule has 8 aromatic carbocycles. The van der Waals surface area contributed by atoms with Crippen LogP contribution in [0, 0.1) is 5.92 Å². The molecule has 64 heavy (non-hydrogen) atoms. The molecule has 0 radical (unpaired) electrons. The zero-order valence-corrected chi connectivity index (χ0v) is 38.7. The van der Waals surface area contributed by atoms with Gasteiger partial charge in [-0.25, -0.2) is 0 Å². The molecule has 0 saturated carbocycles. The van der Waals surface area contributed by atoms with Crippen molar-refractivity contribution in [3.8, 4) is 33.4 Å². The van der Waals surface area contributed by atoms with Crippen molar-refractivity contribution in [2.75, 3.05) is 0 Å². The molecule has 0 saturated heterocycles. The Morgan fingerprint density at radius 1 is 0.453 bits per heavy atom. The zero-order chi connectivity index (χ0) is 43.2. The van der Waals surface area contributed by atoms with E-state index in [0.717, 1.165) is 24.5 Å². The molecule has 1 spiro atoms. The Morgan fingerprint density at radius 2 is 0.953 bits per heavy atom. The average molecular weight is 861 g/mol. The van der Waals surface area contributed by atoms with E-state index < -0.39 is 12.6 Å². The largest absolute Gasteiger partial charge is 0.309 e. The number of rotatable bonds is 5. The van der Waals surface area contributed by atoms with Crippen molar-refractivity contribution in [1.82, 2.24) is 0 Å². The van der Waals surface area contributed by atoms with Crippen molar-refractivity contribution in [2.24, 2.45) is 5.92 Å². The summed E-state index contributed by atoms with van der Waals surface area (Å²) in [5.41, 5.74) is 18.2. The Kier molecular flexibility index (Phi) is 8.20. The van der Waals surface area contributed by atoms with Gasteiger partial charge >= 0.3 is 0 Å². The highest BCUT2D eigenvalue weighted by molar-refractivity contribution is 7.85. The number of hydrogen-bond donors (Lipinski definition) is 0. The maximum atomic E-state index is 16.8. The predicted molar refractivity (Wildman–Crippen MR) is 271 cm³/mol. The first-order valence-corrected chi connectivity index (χ1v) is 25.8. The number of benzene rings is 8. The first kappa shape index (κ1) is 38.6. The van der Waals surface area contributed by atoms with Crippen LogP contribution < -0.4 is 21.2 Å². The van der Waals surface area contributed by atoms with E-state index in [0.29, 0.717) is 17.5 Å². The fourth-order valence-electron chi connectivity index (χ4n) is 13.2. The lowest BCUT2D eigenvalue weighted by Gasteiger charge is -2.36. The summed E-state index contributed by atoms with van der Waals surface area (Å²) in [7, 11) is -2.61. The molecule has 5 aliphatic rings. The van der Waals surface area contributed by atoms with Gasteiger partial charge in [-0.3, -0.25) is 0 Å². The molecule has 1 nitrogen and oxygen atoms in total. The standard InChI is InChI=1S/C61H50OP2/c1-59(2)54-33-39(63-38-17-7-5-8-18-38)27-30-47(54)49-36-57-50(37-56(49)59)48-32-29-41(34-55(48)60(57,3)4)64(62,40-19-9-6-10-20-40)42-28-31-46-45-23-13-16-26-53(45)61(58(46)35-42)51-24-14-11-21-43(51)44-22-12-15-25-52(44)61/h5-32,34-37,39,47,54,63H,33H2,1-4H3. The van der Waals surface area contributed by atoms with Crippen LogP contribution in [0.1, 0.15) is 84.5 Å². The summed E-state index contributed by atoms with van der Waals surface area (Å²) in [5, 5.41) is 4.08. The second-order valence-electron chi connectivity index (χ2n) is 20.0. The highest BCUT2D eigenvalue weighted by Crippen LogP contribution is 2.64. The van der Waals surface area contributed by atoms with Crippen LogP contribution in [0.25, 0.3) is 33.4 Å². The van der Waals surface area contributed by atoms with Gasteiger partial charge in [0.25, 0.3) is 0 Å². The molecule has 8 aromatic rings. The molecule has 0 aromatic heterocycles. The molecule has 5 aliphatic carbocycles. The smallest absolute Gasteiger partial charge is 0.171 e. The van der Waals surface area contributed by atoms with Gasteiger partial charge in [0.2, 0.25) is 0 Å². The van der Waals surface area contributed by atoms with Gasteiger partial charge < -0.3 is 4.57 Å². The molecule has 0 N–H and O–H groups in total. The van der Waals surface area contributed by atoms with Crippen LogP contribution in [0.4, 0.5) is 0 Å². The van der Waals surface area contributed by atoms with Gasteiger partial charge in [-0.05, 0) is 125 Å². The lowest BCUT2D eigenvalue weighted by atomic mass is 9.70. The summed E-state index contributed by atoms with van der Waals surface area (Å²) < 4.78 is 16.8. The van der Waals surface area contributed by atoms with E-state index in [-0.39, 0.29) is 10.8 Å². The molecule has 3 heteroatoms. The minimum atomic E-state index is -3.41. The van der Waals surface area contributed by atoms with Crippen LogP contribution in [0.2, 0.25) is 0 Å². The van der Waals surface area contributed by atoms with Crippen LogP contribution in [-0.4, -0.2) is 5.66 Å². The molecule has 0 fully saturated rings. The van der Waals surface area contributed by atoms with E-state index in [1.807, 2.05) is 18.2 Å². The SMILES string of the molecule is CC1(C)c2cc(P(=O)(c3ccccc3)c3ccc4c(c3)C3(c5ccccc5-c5ccccc53)c3ccccc3-4)ccc2-c2cc3c(cc21)C1C=CC(Pc2ccccc2)CC1C3(C)C. The molecule has 13 rings (SSSR count). The van der Waals surface area contributed by atoms with Crippen LogP contribution in [0.15, 0.2) is 194 Å². The highest BCUT2D eigenvalue weighted by atomic mass is 31.2. The Hall–Kier alpha value is -5.84. The molecular weight excluding hydrogens is 811 g/mol. The first-order chi connectivity index (χ1) is 31.1. The molecule has 5 unspecified atom stereocenters. The number of allylic oxidation sites excluding steroid dienone is 2. The van der Waals surface area contributed by atoms with Gasteiger partial charge in [-0.2, -0.15) is 0 Å². The second kappa shape index (κ2) is 13.6. The molecule has 310 valence electrons. The monoisotopic (exact) mass is 860 g/mol. The van der Waals surface area contributed by atoms with Gasteiger partial charge in [0.15, 0.2) is 7.14 Å². The third kappa shape index (κ3) is 5.04. The quantitative estimate of drug-likeness (QED) is 0.124. The van der Waals surface area contributed by atoms with Gasteiger partial charge in [-0.15, -0.1) is 0 Å². The molecule has 0 bridgehead atoms. The topological polar surface area (TPSA) is 17.1 Å². The van der Waals surface area contributed by atoms with Gasteiger partial charge in [0, 0.05) is 27.2 Å². The van der Waals surface area contributed by atoms with Crippen molar-refractivity contribution >= 4 is 36.9 Å². The normalized spacial score (nSPS) is 21.3. The Balaban J connectivity index is 0.949. The van der Waals surface area contributed by atoms with Crippen molar-refractivity contribution in [3.63, 3.8) is 0 Å². The number of fused-ring (bicyclic) bond motifs is 16. The van der Waals surface area contributed by atoms with Crippen molar-refractivity contribution < 1.29 is 4.57 Å². The van der Waals surface area contributed by atoms with E-state index in [4.69, 9.17) is 0 Å². The second-order valence-corrected chi connectivity index (χ2v) is 24.4. The van der Waals surface area contributed by atoms with E-state index in [2.05, 4.69) is 204 Å². The van der Waals surface area contributed by atoms with Gasteiger partial charge in [-0.1, -0.05) is 212 Å². The van der Waals surface area contributed by atoms with Crippen LogP contribution in [0.5, 0.6) is 0 Å². The van der Waals surface area contributed by atoms with E-state index in [9.17, 15) is 0 Å². The molecule has 0 heterocycles. The maximum Gasteiger partial charge on any atom is 0.171 e. The number of hydrogen-bond acceptors (Lipinski definition) is 1. The van der Waals surface area contributed by atoms with Crippen molar-refractivity contribution in [2.45, 2.75) is 61.9 Å². The first-order valence-electron chi connectivity index (χ1n) is 23.1. The van der Waals surface area contributed by atoms with E-state index in [1.165, 1.54) is 89.6 Å². The summed E-state index contributed by atoms with van der Waals surface area (Å²) in [6.07, 6.45) is 6.30. The zero-order valence-electron chi connectivity index (χ0n) is 36.8. The third-order valence-electron chi connectivity index (χ3n) is 16.3. The highest BCUT2D eigenvalue weighted by Gasteiger charge is 2.53.